The Hall–Kier alpha value is -2.77. The monoisotopic (exact) mass is 443 g/mol. The van der Waals surface area contributed by atoms with Crippen LogP contribution in [-0.4, -0.2) is 60.6 Å². The molecule has 3 rings (SSSR count). The third kappa shape index (κ3) is 6.37. The quantitative estimate of drug-likeness (QED) is 0.541. The van der Waals surface area contributed by atoms with E-state index in [1.165, 1.54) is 33.5 Å². The molecule has 1 fully saturated rings. The Balaban J connectivity index is 1.65. The Labute approximate surface area is 189 Å². The highest BCUT2D eigenvalue weighted by atomic mass is 16.5. The maximum Gasteiger partial charge on any atom is 0.337 e. The molecule has 0 unspecified atom stereocenters. The van der Waals surface area contributed by atoms with E-state index in [0.29, 0.717) is 36.2 Å². The Morgan fingerprint density at radius 2 is 1.84 bits per heavy atom. The van der Waals surface area contributed by atoms with E-state index in [9.17, 15) is 15.0 Å². The fraction of sp³-hybridized carbons (Fsp3) is 0.480. The van der Waals surface area contributed by atoms with E-state index < -0.39 is 12.1 Å². The van der Waals surface area contributed by atoms with Gasteiger partial charge in [0.2, 0.25) is 0 Å². The molecule has 0 aliphatic heterocycles. The maximum absolute atomic E-state index is 11.7. The molecule has 0 radical (unpaired) electrons. The van der Waals surface area contributed by atoms with Gasteiger partial charge in [-0.2, -0.15) is 0 Å². The number of rotatable bonds is 10. The van der Waals surface area contributed by atoms with Gasteiger partial charge in [-0.3, -0.25) is 4.90 Å². The van der Waals surface area contributed by atoms with Gasteiger partial charge in [0.1, 0.15) is 18.5 Å². The van der Waals surface area contributed by atoms with Gasteiger partial charge < -0.3 is 24.4 Å². The lowest BCUT2D eigenvalue weighted by Gasteiger charge is -2.35. The van der Waals surface area contributed by atoms with E-state index in [1.807, 2.05) is 18.2 Å². The topological polar surface area (TPSA) is 88.5 Å². The van der Waals surface area contributed by atoms with Crippen molar-refractivity contribution in [1.82, 2.24) is 4.90 Å². The molecule has 0 aromatic heterocycles. The van der Waals surface area contributed by atoms with Gasteiger partial charge in [-0.25, -0.2) is 4.79 Å². The van der Waals surface area contributed by atoms with Crippen molar-refractivity contribution in [3.05, 3.63) is 53.6 Å². The summed E-state index contributed by atoms with van der Waals surface area (Å²) in [5, 5.41) is 21.0. The summed E-state index contributed by atoms with van der Waals surface area (Å²) in [6, 6.07) is 12.5. The molecule has 7 nitrogen and oxygen atoms in total. The lowest BCUT2D eigenvalue weighted by atomic mass is 9.93. The first-order chi connectivity index (χ1) is 15.5. The molecule has 1 saturated carbocycles. The van der Waals surface area contributed by atoms with Crippen LogP contribution in [0.1, 0.15) is 48.0 Å². The van der Waals surface area contributed by atoms with Gasteiger partial charge in [0, 0.05) is 24.7 Å². The van der Waals surface area contributed by atoms with E-state index in [0.717, 1.165) is 18.4 Å². The number of aliphatic hydroxyl groups excluding tert-OH is 1. The molecule has 0 bridgehead atoms. The second-order valence-electron chi connectivity index (χ2n) is 8.17. The number of benzene rings is 2. The Morgan fingerprint density at radius 1 is 1.09 bits per heavy atom. The number of nitrogens with zero attached hydrogens (tertiary/aromatic N) is 1. The lowest BCUT2D eigenvalue weighted by Crippen LogP contribution is -2.42. The van der Waals surface area contributed by atoms with Crippen molar-refractivity contribution in [2.24, 2.45) is 0 Å². The average Bonchev–Trinajstić information content (AvgIpc) is 2.83. The van der Waals surface area contributed by atoms with Crippen molar-refractivity contribution >= 4 is 5.97 Å². The zero-order chi connectivity index (χ0) is 22.9. The highest BCUT2D eigenvalue weighted by Crippen LogP contribution is 2.29. The number of aromatic hydroxyl groups is 1. The van der Waals surface area contributed by atoms with Crippen LogP contribution in [0, 0.1) is 0 Å². The Bertz CT molecular complexity index is 880. The minimum atomic E-state index is -0.729. The van der Waals surface area contributed by atoms with Crippen LogP contribution in [-0.2, 0) is 11.3 Å². The molecule has 2 aromatic rings. The molecule has 32 heavy (non-hydrogen) atoms. The van der Waals surface area contributed by atoms with Gasteiger partial charge in [0.15, 0.2) is 11.5 Å². The highest BCUT2D eigenvalue weighted by Gasteiger charge is 2.24. The number of phenols is 1. The highest BCUT2D eigenvalue weighted by molar-refractivity contribution is 5.90. The molecule has 7 heteroatoms. The smallest absolute Gasteiger partial charge is 0.337 e. The van der Waals surface area contributed by atoms with Crippen LogP contribution in [0.3, 0.4) is 0 Å². The van der Waals surface area contributed by atoms with Crippen LogP contribution >= 0.6 is 0 Å². The van der Waals surface area contributed by atoms with Crippen LogP contribution < -0.4 is 9.47 Å². The number of carbonyl (C=O) groups excluding carboxylic acids is 1. The van der Waals surface area contributed by atoms with Crippen LogP contribution in [0.15, 0.2) is 42.5 Å². The largest absolute Gasteiger partial charge is 0.508 e. The second-order valence-corrected chi connectivity index (χ2v) is 8.17. The Kier molecular flexibility index (Phi) is 8.76. The second kappa shape index (κ2) is 11.7. The zero-order valence-corrected chi connectivity index (χ0v) is 18.8. The fourth-order valence-corrected chi connectivity index (χ4v) is 4.19. The molecule has 1 aliphatic rings. The van der Waals surface area contributed by atoms with E-state index >= 15 is 0 Å². The number of hydrogen-bond donors (Lipinski definition) is 2. The summed E-state index contributed by atoms with van der Waals surface area (Å²) in [6.45, 7) is 1.09. The summed E-state index contributed by atoms with van der Waals surface area (Å²) in [5.41, 5.74) is 1.22. The first-order valence-electron chi connectivity index (χ1n) is 11.1. The van der Waals surface area contributed by atoms with Crippen LogP contribution in [0.25, 0.3) is 0 Å². The van der Waals surface area contributed by atoms with Gasteiger partial charge >= 0.3 is 5.97 Å². The molecule has 0 heterocycles. The van der Waals surface area contributed by atoms with Crippen molar-refractivity contribution in [3.63, 3.8) is 0 Å². The predicted molar refractivity (Wildman–Crippen MR) is 121 cm³/mol. The normalized spacial score (nSPS) is 15.4. The van der Waals surface area contributed by atoms with E-state index in [4.69, 9.17) is 14.2 Å². The number of aliphatic hydroxyl groups is 1. The van der Waals surface area contributed by atoms with E-state index in [2.05, 4.69) is 4.90 Å². The van der Waals surface area contributed by atoms with Crippen LogP contribution in [0.4, 0.5) is 0 Å². The van der Waals surface area contributed by atoms with E-state index in [1.54, 1.807) is 24.3 Å². The van der Waals surface area contributed by atoms with Gasteiger partial charge in [-0.05, 0) is 37.1 Å². The van der Waals surface area contributed by atoms with Crippen molar-refractivity contribution < 1.29 is 29.2 Å². The molecule has 174 valence electrons. The number of phenolic OH excluding ortho intramolecular Hbond substituents is 1. The van der Waals surface area contributed by atoms with Gasteiger partial charge in [-0.15, -0.1) is 0 Å². The zero-order valence-electron chi connectivity index (χ0n) is 18.8. The molecular formula is C25H33NO6. The summed E-state index contributed by atoms with van der Waals surface area (Å²) in [7, 11) is 2.82. The van der Waals surface area contributed by atoms with Crippen LogP contribution in [0.2, 0.25) is 0 Å². The van der Waals surface area contributed by atoms with Gasteiger partial charge in [0.05, 0.1) is 19.8 Å². The first-order valence-corrected chi connectivity index (χ1v) is 11.1. The third-order valence-electron chi connectivity index (χ3n) is 5.92. The van der Waals surface area contributed by atoms with Crippen molar-refractivity contribution in [3.8, 4) is 17.2 Å². The lowest BCUT2D eigenvalue weighted by molar-refractivity contribution is 0.0389. The number of methoxy groups -OCH3 is 2. The van der Waals surface area contributed by atoms with Crippen LogP contribution in [0.5, 0.6) is 17.2 Å². The summed E-state index contributed by atoms with van der Waals surface area (Å²) in [6.07, 6.45) is 5.05. The molecule has 0 amide bonds. The summed E-state index contributed by atoms with van der Waals surface area (Å²) >= 11 is 0. The van der Waals surface area contributed by atoms with Crippen molar-refractivity contribution in [2.75, 3.05) is 27.4 Å². The molecule has 2 N–H and O–H groups in total. The van der Waals surface area contributed by atoms with E-state index in [-0.39, 0.29) is 12.4 Å². The minimum Gasteiger partial charge on any atom is -0.508 e. The summed E-state index contributed by atoms with van der Waals surface area (Å²) in [5.74, 6) is 0.666. The molecule has 0 spiro atoms. The summed E-state index contributed by atoms with van der Waals surface area (Å²) in [4.78, 5) is 14.0. The SMILES string of the molecule is COC(=O)c1ccc(OC[C@H](O)CN(Cc2ccccc2O)C2CCCCC2)c(OC)c1. The standard InChI is InChI=1S/C25H33NO6/c1-30-24-14-18(25(29)31-2)12-13-23(24)32-17-21(27)16-26(20-9-4-3-5-10-20)15-19-8-6-7-11-22(19)28/h6-8,11-14,20-21,27-28H,3-5,9-10,15-17H2,1-2H3/t21-/m1/s1. The number of hydrogen-bond acceptors (Lipinski definition) is 7. The number of carbonyl (C=O) groups is 1. The fourth-order valence-electron chi connectivity index (χ4n) is 4.19. The van der Waals surface area contributed by atoms with Gasteiger partial charge in [-0.1, -0.05) is 37.5 Å². The maximum atomic E-state index is 11.7. The number of ether oxygens (including phenoxy) is 3. The van der Waals surface area contributed by atoms with Crippen molar-refractivity contribution in [2.45, 2.75) is 50.8 Å². The van der Waals surface area contributed by atoms with Gasteiger partial charge in [0.25, 0.3) is 0 Å². The molecule has 2 aromatic carbocycles. The molecule has 1 aliphatic carbocycles. The number of esters is 1. The molecule has 0 saturated heterocycles. The third-order valence-corrected chi connectivity index (χ3v) is 5.92. The molecule has 1 atom stereocenters. The van der Waals surface area contributed by atoms with Crippen molar-refractivity contribution in [1.29, 1.82) is 0 Å². The summed E-state index contributed by atoms with van der Waals surface area (Å²) < 4.78 is 15.9. The number of para-hydroxylation sites is 1. The first kappa shape index (κ1) is 23.9. The predicted octanol–water partition coefficient (Wildman–Crippen LogP) is 3.76. The molecular weight excluding hydrogens is 410 g/mol. The average molecular weight is 444 g/mol. The Morgan fingerprint density at radius 3 is 2.53 bits per heavy atom. The minimum absolute atomic E-state index is 0.0813.